The summed E-state index contributed by atoms with van der Waals surface area (Å²) in [5, 5.41) is 13.9. The molecule has 134 valence electrons. The molecule has 0 aliphatic carbocycles. The highest BCUT2D eigenvalue weighted by Crippen LogP contribution is 2.17. The van der Waals surface area contributed by atoms with Crippen molar-refractivity contribution in [3.63, 3.8) is 0 Å². The normalized spacial score (nSPS) is 10.3. The Bertz CT molecular complexity index is 1070. The number of amides is 2. The van der Waals surface area contributed by atoms with Crippen LogP contribution in [0.3, 0.4) is 0 Å². The average Bonchev–Trinajstić information content (AvgIpc) is 2.64. The number of nitriles is 1. The Morgan fingerprint density at radius 3 is 2.15 bits per heavy atom. The fourth-order valence-electron chi connectivity index (χ4n) is 2.49. The molecule has 27 heavy (non-hydrogen) atoms. The van der Waals surface area contributed by atoms with Crippen LogP contribution in [0.25, 0.3) is 11.0 Å². The number of benzene rings is 2. The summed E-state index contributed by atoms with van der Waals surface area (Å²) in [6.07, 6.45) is -0.206. The van der Waals surface area contributed by atoms with E-state index in [0.29, 0.717) is 22.5 Å². The molecule has 1 heterocycles. The Morgan fingerprint density at radius 1 is 0.926 bits per heavy atom. The van der Waals surface area contributed by atoms with E-state index in [2.05, 4.69) is 20.6 Å². The lowest BCUT2D eigenvalue weighted by atomic mass is 10.1. The fraction of sp³-hybridized carbons (Fsp3) is 0.150. The molecular weight excluding hydrogens is 342 g/mol. The van der Waals surface area contributed by atoms with Crippen molar-refractivity contribution in [3.8, 4) is 6.07 Å². The van der Waals surface area contributed by atoms with Gasteiger partial charge in [-0.3, -0.25) is 9.59 Å². The number of anilines is 2. The quantitative estimate of drug-likeness (QED) is 0.743. The van der Waals surface area contributed by atoms with Crippen LogP contribution >= 0.6 is 0 Å². The molecule has 7 nitrogen and oxygen atoms in total. The van der Waals surface area contributed by atoms with Gasteiger partial charge in [0.2, 0.25) is 5.91 Å². The Hall–Kier alpha value is -3.79. The highest BCUT2D eigenvalue weighted by molar-refractivity contribution is 6.06. The zero-order valence-corrected chi connectivity index (χ0v) is 14.9. The molecule has 0 atom stereocenters. The number of nitrogens with zero attached hydrogens (tertiary/aromatic N) is 3. The van der Waals surface area contributed by atoms with Gasteiger partial charge in [-0.05, 0) is 56.3 Å². The van der Waals surface area contributed by atoms with Crippen molar-refractivity contribution in [1.29, 1.82) is 5.26 Å². The minimum absolute atomic E-state index is 0.206. The van der Waals surface area contributed by atoms with E-state index < -0.39 is 0 Å². The van der Waals surface area contributed by atoms with Crippen LogP contribution < -0.4 is 10.6 Å². The molecule has 0 saturated carbocycles. The summed E-state index contributed by atoms with van der Waals surface area (Å²) in [7, 11) is 0. The Morgan fingerprint density at radius 2 is 1.52 bits per heavy atom. The smallest absolute Gasteiger partial charge is 0.255 e. The Kier molecular flexibility index (Phi) is 5.08. The van der Waals surface area contributed by atoms with E-state index in [4.69, 9.17) is 5.26 Å². The first-order valence-electron chi connectivity index (χ1n) is 8.29. The second kappa shape index (κ2) is 7.62. The zero-order valence-electron chi connectivity index (χ0n) is 14.9. The summed E-state index contributed by atoms with van der Waals surface area (Å²) in [5.41, 5.74) is 4.72. The van der Waals surface area contributed by atoms with Gasteiger partial charge in [-0.1, -0.05) is 0 Å². The first kappa shape index (κ1) is 18.0. The second-order valence-electron chi connectivity index (χ2n) is 6.01. The third-order valence-corrected chi connectivity index (χ3v) is 4.00. The third kappa shape index (κ3) is 4.25. The number of rotatable bonds is 4. The maximum Gasteiger partial charge on any atom is 0.255 e. The molecule has 0 radical (unpaired) electrons. The van der Waals surface area contributed by atoms with Crippen LogP contribution in [0.4, 0.5) is 11.4 Å². The van der Waals surface area contributed by atoms with Gasteiger partial charge < -0.3 is 10.6 Å². The molecule has 3 aromatic rings. The van der Waals surface area contributed by atoms with Crippen LogP contribution in [0.1, 0.15) is 28.2 Å². The number of fused-ring (bicyclic) bond motifs is 1. The lowest BCUT2D eigenvalue weighted by Gasteiger charge is -2.08. The number of carbonyl (C=O) groups is 2. The monoisotopic (exact) mass is 359 g/mol. The molecule has 0 aliphatic heterocycles. The van der Waals surface area contributed by atoms with Crippen LogP contribution in [0.2, 0.25) is 0 Å². The van der Waals surface area contributed by atoms with Crippen LogP contribution in [0.5, 0.6) is 0 Å². The van der Waals surface area contributed by atoms with Gasteiger partial charge in [0.1, 0.15) is 6.42 Å². The van der Waals surface area contributed by atoms with Crippen molar-refractivity contribution < 1.29 is 9.59 Å². The summed E-state index contributed by atoms with van der Waals surface area (Å²) in [5.74, 6) is -0.643. The van der Waals surface area contributed by atoms with Gasteiger partial charge in [-0.15, -0.1) is 0 Å². The summed E-state index contributed by atoms with van der Waals surface area (Å²) < 4.78 is 0. The third-order valence-electron chi connectivity index (χ3n) is 4.00. The van der Waals surface area contributed by atoms with Gasteiger partial charge >= 0.3 is 0 Å². The number of carbonyl (C=O) groups excluding carboxylic acids is 2. The molecule has 0 spiro atoms. The number of nitrogens with one attached hydrogen (secondary N) is 2. The van der Waals surface area contributed by atoms with Gasteiger partial charge in [0.05, 0.1) is 28.5 Å². The highest BCUT2D eigenvalue weighted by Gasteiger charge is 2.09. The van der Waals surface area contributed by atoms with Crippen molar-refractivity contribution in [3.05, 3.63) is 59.4 Å². The first-order chi connectivity index (χ1) is 13.0. The molecular formula is C20H17N5O2. The molecule has 2 aromatic carbocycles. The molecule has 1 aromatic heterocycles. The Labute approximate surface area is 156 Å². The van der Waals surface area contributed by atoms with Crippen LogP contribution in [0, 0.1) is 25.2 Å². The predicted octanol–water partition coefficient (Wildman–Crippen LogP) is 3.35. The predicted molar refractivity (Wildman–Crippen MR) is 102 cm³/mol. The van der Waals surface area contributed by atoms with Crippen LogP contribution in [-0.2, 0) is 4.79 Å². The molecule has 3 rings (SSSR count). The van der Waals surface area contributed by atoms with E-state index in [1.165, 1.54) is 0 Å². The van der Waals surface area contributed by atoms with Crippen LogP contribution in [0.15, 0.2) is 42.5 Å². The molecule has 2 amide bonds. The van der Waals surface area contributed by atoms with Crippen molar-refractivity contribution in [1.82, 2.24) is 9.97 Å². The zero-order chi connectivity index (χ0) is 19.4. The van der Waals surface area contributed by atoms with Gasteiger partial charge in [0.25, 0.3) is 5.91 Å². The molecule has 0 bridgehead atoms. The number of hydrogen-bond donors (Lipinski definition) is 2. The van der Waals surface area contributed by atoms with Gasteiger partial charge in [-0.25, -0.2) is 9.97 Å². The second-order valence-corrected chi connectivity index (χ2v) is 6.01. The minimum atomic E-state index is -0.378. The molecule has 0 saturated heterocycles. The van der Waals surface area contributed by atoms with Crippen molar-refractivity contribution in [2.45, 2.75) is 20.3 Å². The number of aromatic nitrogens is 2. The molecule has 2 N–H and O–H groups in total. The van der Waals surface area contributed by atoms with Crippen molar-refractivity contribution >= 4 is 34.2 Å². The van der Waals surface area contributed by atoms with E-state index >= 15 is 0 Å². The number of aryl methyl sites for hydroxylation is 2. The average molecular weight is 359 g/mol. The molecule has 0 aliphatic rings. The van der Waals surface area contributed by atoms with E-state index in [1.54, 1.807) is 48.5 Å². The summed E-state index contributed by atoms with van der Waals surface area (Å²) >= 11 is 0. The Balaban J connectivity index is 1.73. The lowest BCUT2D eigenvalue weighted by molar-refractivity contribution is -0.115. The van der Waals surface area contributed by atoms with Gasteiger partial charge in [0, 0.05) is 16.9 Å². The summed E-state index contributed by atoms with van der Waals surface area (Å²) in [4.78, 5) is 32.8. The van der Waals surface area contributed by atoms with Gasteiger partial charge in [-0.2, -0.15) is 5.26 Å². The van der Waals surface area contributed by atoms with Crippen molar-refractivity contribution in [2.75, 3.05) is 10.6 Å². The fourth-order valence-corrected chi connectivity index (χ4v) is 2.49. The molecule has 0 unspecified atom stereocenters. The maximum absolute atomic E-state index is 12.5. The van der Waals surface area contributed by atoms with Crippen molar-refractivity contribution in [2.24, 2.45) is 0 Å². The van der Waals surface area contributed by atoms with E-state index in [9.17, 15) is 9.59 Å². The lowest BCUT2D eigenvalue weighted by Crippen LogP contribution is -2.13. The minimum Gasteiger partial charge on any atom is -0.325 e. The SMILES string of the molecule is Cc1nc2ccc(C(=O)Nc3ccc(NC(=O)CC#N)cc3)cc2nc1C. The maximum atomic E-state index is 12.5. The highest BCUT2D eigenvalue weighted by atomic mass is 16.2. The van der Waals surface area contributed by atoms with E-state index in [-0.39, 0.29) is 18.2 Å². The van der Waals surface area contributed by atoms with Crippen LogP contribution in [-0.4, -0.2) is 21.8 Å². The summed E-state index contributed by atoms with van der Waals surface area (Å²) in [6, 6.07) is 13.6. The van der Waals surface area contributed by atoms with Gasteiger partial charge in [0.15, 0.2) is 0 Å². The van der Waals surface area contributed by atoms with E-state index in [1.807, 2.05) is 13.8 Å². The topological polar surface area (TPSA) is 108 Å². The largest absolute Gasteiger partial charge is 0.325 e. The number of hydrogen-bond acceptors (Lipinski definition) is 5. The van der Waals surface area contributed by atoms with E-state index in [0.717, 1.165) is 16.9 Å². The standard InChI is InChI=1S/C20H17N5O2/c1-12-13(2)23-18-11-14(3-8-17(18)22-12)20(27)25-16-6-4-15(5-7-16)24-19(26)9-10-21/h3-8,11H,9H2,1-2H3,(H,24,26)(H,25,27). The first-order valence-corrected chi connectivity index (χ1v) is 8.29. The molecule has 0 fully saturated rings. The molecule has 7 heteroatoms. The summed E-state index contributed by atoms with van der Waals surface area (Å²) in [6.45, 7) is 3.78.